The van der Waals surface area contributed by atoms with Crippen LogP contribution >= 0.6 is 23.2 Å². The number of hydrogen-bond acceptors (Lipinski definition) is 2. The Hall–Kier alpha value is -0.800. The second kappa shape index (κ2) is 3.29. The van der Waals surface area contributed by atoms with Crippen LogP contribution in [-0.2, 0) is 7.05 Å². The molecule has 0 amide bonds. The molecule has 0 atom stereocenters. The van der Waals surface area contributed by atoms with E-state index in [-0.39, 0.29) is 11.4 Å². The second-order valence-electron chi connectivity index (χ2n) is 2.21. The molecule has 0 radical (unpaired) electrons. The summed E-state index contributed by atoms with van der Waals surface area (Å²) in [6.07, 6.45) is 0. The van der Waals surface area contributed by atoms with Crippen LogP contribution in [0.25, 0.3) is 0 Å². The number of nitrogens with zero attached hydrogens (tertiary/aromatic N) is 1. The SMILES string of the molecule is Cn1c(C(=O)Cl)ccc1C(=O)Cl. The lowest BCUT2D eigenvalue weighted by Gasteiger charge is -1.99. The van der Waals surface area contributed by atoms with Crippen LogP contribution in [0, 0.1) is 0 Å². The van der Waals surface area contributed by atoms with Gasteiger partial charge < -0.3 is 4.57 Å². The maximum absolute atomic E-state index is 10.7. The van der Waals surface area contributed by atoms with Crippen molar-refractivity contribution in [2.24, 2.45) is 7.05 Å². The van der Waals surface area contributed by atoms with Gasteiger partial charge in [0.05, 0.1) is 0 Å². The molecule has 3 nitrogen and oxygen atoms in total. The maximum atomic E-state index is 10.7. The summed E-state index contributed by atoms with van der Waals surface area (Å²) in [5.74, 6) is 0. The van der Waals surface area contributed by atoms with Gasteiger partial charge in [0.2, 0.25) is 0 Å². The molecule has 0 unspecified atom stereocenters. The van der Waals surface area contributed by atoms with Crippen molar-refractivity contribution in [3.05, 3.63) is 23.5 Å². The molecule has 64 valence electrons. The highest BCUT2D eigenvalue weighted by Crippen LogP contribution is 2.11. The van der Waals surface area contributed by atoms with E-state index < -0.39 is 10.5 Å². The monoisotopic (exact) mass is 205 g/mol. The Morgan fingerprint density at radius 2 is 1.50 bits per heavy atom. The number of carbonyl (C=O) groups is 2. The van der Waals surface area contributed by atoms with Crippen LogP contribution in [0.3, 0.4) is 0 Å². The summed E-state index contributed by atoms with van der Waals surface area (Å²) >= 11 is 10.4. The van der Waals surface area contributed by atoms with Crippen molar-refractivity contribution in [3.8, 4) is 0 Å². The lowest BCUT2D eigenvalue weighted by atomic mass is 10.4. The van der Waals surface area contributed by atoms with E-state index in [1.54, 1.807) is 7.05 Å². The molecule has 0 aliphatic carbocycles. The fourth-order valence-corrected chi connectivity index (χ4v) is 1.29. The lowest BCUT2D eigenvalue weighted by molar-refractivity contribution is 0.107. The molecule has 12 heavy (non-hydrogen) atoms. The summed E-state index contributed by atoms with van der Waals surface area (Å²) in [6.45, 7) is 0. The summed E-state index contributed by atoms with van der Waals surface area (Å²) < 4.78 is 1.35. The van der Waals surface area contributed by atoms with Gasteiger partial charge in [0, 0.05) is 7.05 Å². The molecule has 0 N–H and O–H groups in total. The van der Waals surface area contributed by atoms with Crippen molar-refractivity contribution in [1.82, 2.24) is 4.57 Å². The van der Waals surface area contributed by atoms with E-state index in [4.69, 9.17) is 23.2 Å². The normalized spacial score (nSPS) is 9.92. The third-order valence-electron chi connectivity index (χ3n) is 1.52. The van der Waals surface area contributed by atoms with Gasteiger partial charge in [-0.25, -0.2) is 0 Å². The van der Waals surface area contributed by atoms with Crippen LogP contribution in [0.4, 0.5) is 0 Å². The van der Waals surface area contributed by atoms with Crippen molar-refractivity contribution in [3.63, 3.8) is 0 Å². The van der Waals surface area contributed by atoms with Crippen LogP contribution in [-0.4, -0.2) is 15.1 Å². The molecule has 1 aromatic heterocycles. The zero-order valence-corrected chi connectivity index (χ0v) is 7.69. The van der Waals surface area contributed by atoms with Gasteiger partial charge in [0.1, 0.15) is 11.4 Å². The fraction of sp³-hybridized carbons (Fsp3) is 0.143. The minimum Gasteiger partial charge on any atom is -0.337 e. The number of rotatable bonds is 2. The molecule has 1 aromatic rings. The third kappa shape index (κ3) is 1.52. The van der Waals surface area contributed by atoms with Crippen LogP contribution in [0.5, 0.6) is 0 Å². The zero-order chi connectivity index (χ0) is 9.30. The first kappa shape index (κ1) is 9.29. The van der Waals surface area contributed by atoms with E-state index in [1.165, 1.54) is 16.7 Å². The molecule has 0 aliphatic heterocycles. The molecule has 0 bridgehead atoms. The third-order valence-corrected chi connectivity index (χ3v) is 1.91. The average molecular weight is 206 g/mol. The van der Waals surface area contributed by atoms with Gasteiger partial charge in [0.25, 0.3) is 10.5 Å². The molecular weight excluding hydrogens is 201 g/mol. The standard InChI is InChI=1S/C7H5Cl2NO2/c1-10-4(6(8)11)2-3-5(10)7(9)12/h2-3H,1H3. The average Bonchev–Trinajstić information content (AvgIpc) is 2.30. The van der Waals surface area contributed by atoms with Crippen LogP contribution in [0.2, 0.25) is 0 Å². The highest BCUT2D eigenvalue weighted by molar-refractivity contribution is 6.68. The van der Waals surface area contributed by atoms with Crippen molar-refractivity contribution in [2.45, 2.75) is 0 Å². The Morgan fingerprint density at radius 1 is 1.17 bits per heavy atom. The van der Waals surface area contributed by atoms with Gasteiger partial charge in [0.15, 0.2) is 0 Å². The van der Waals surface area contributed by atoms with Crippen molar-refractivity contribution >= 4 is 33.7 Å². The maximum Gasteiger partial charge on any atom is 0.268 e. The van der Waals surface area contributed by atoms with Crippen LogP contribution in [0.1, 0.15) is 21.0 Å². The van der Waals surface area contributed by atoms with Crippen LogP contribution < -0.4 is 0 Å². The number of carbonyl (C=O) groups excluding carboxylic acids is 2. The predicted molar refractivity (Wildman–Crippen MR) is 45.8 cm³/mol. The first-order valence-electron chi connectivity index (χ1n) is 3.09. The number of halogens is 2. The van der Waals surface area contributed by atoms with Crippen LogP contribution in [0.15, 0.2) is 12.1 Å². The minimum atomic E-state index is -0.610. The van der Waals surface area contributed by atoms with E-state index >= 15 is 0 Å². The van der Waals surface area contributed by atoms with Gasteiger partial charge in [-0.15, -0.1) is 0 Å². The lowest BCUT2D eigenvalue weighted by Crippen LogP contribution is -2.05. The highest BCUT2D eigenvalue weighted by Gasteiger charge is 2.13. The van der Waals surface area contributed by atoms with E-state index in [9.17, 15) is 9.59 Å². The van der Waals surface area contributed by atoms with E-state index in [0.717, 1.165) is 0 Å². The van der Waals surface area contributed by atoms with Crippen molar-refractivity contribution in [1.29, 1.82) is 0 Å². The van der Waals surface area contributed by atoms with E-state index in [1.807, 2.05) is 0 Å². The molecule has 1 rings (SSSR count). The second-order valence-corrected chi connectivity index (χ2v) is 2.90. The van der Waals surface area contributed by atoms with Gasteiger partial charge in [-0.2, -0.15) is 0 Å². The van der Waals surface area contributed by atoms with Crippen molar-refractivity contribution in [2.75, 3.05) is 0 Å². The Kier molecular flexibility index (Phi) is 2.55. The Morgan fingerprint density at radius 3 is 1.67 bits per heavy atom. The number of aromatic nitrogens is 1. The Labute approximate surface area is 78.9 Å². The summed E-state index contributed by atoms with van der Waals surface area (Å²) in [4.78, 5) is 21.4. The topological polar surface area (TPSA) is 39.1 Å². The number of hydrogen-bond donors (Lipinski definition) is 0. The van der Waals surface area contributed by atoms with E-state index in [0.29, 0.717) is 0 Å². The molecule has 0 aliphatic rings. The van der Waals surface area contributed by atoms with Gasteiger partial charge >= 0.3 is 0 Å². The van der Waals surface area contributed by atoms with E-state index in [2.05, 4.69) is 0 Å². The summed E-state index contributed by atoms with van der Waals surface area (Å²) in [5.41, 5.74) is 0.501. The fourth-order valence-electron chi connectivity index (χ4n) is 0.906. The molecule has 0 spiro atoms. The quantitative estimate of drug-likeness (QED) is 0.691. The highest BCUT2D eigenvalue weighted by atomic mass is 35.5. The first-order valence-corrected chi connectivity index (χ1v) is 3.85. The summed E-state index contributed by atoms with van der Waals surface area (Å²) in [6, 6.07) is 2.90. The first-order chi connectivity index (χ1) is 5.54. The van der Waals surface area contributed by atoms with Gasteiger partial charge in [-0.3, -0.25) is 9.59 Å². The Balaban J connectivity index is 3.22. The van der Waals surface area contributed by atoms with Gasteiger partial charge in [-0.1, -0.05) is 0 Å². The molecule has 1 heterocycles. The molecule has 5 heteroatoms. The molecule has 0 saturated carbocycles. The predicted octanol–water partition coefficient (Wildman–Crippen LogP) is 1.78. The Bertz CT molecular complexity index is 312. The van der Waals surface area contributed by atoms with Crippen molar-refractivity contribution < 1.29 is 9.59 Å². The van der Waals surface area contributed by atoms with Gasteiger partial charge in [-0.05, 0) is 35.3 Å². The largest absolute Gasteiger partial charge is 0.337 e. The summed E-state index contributed by atoms with van der Waals surface area (Å²) in [7, 11) is 1.55. The minimum absolute atomic E-state index is 0.251. The molecule has 0 aromatic carbocycles. The molecular formula is C7H5Cl2NO2. The summed E-state index contributed by atoms with van der Waals surface area (Å²) in [5, 5.41) is -1.22. The smallest absolute Gasteiger partial charge is 0.268 e. The zero-order valence-electron chi connectivity index (χ0n) is 6.17. The molecule has 0 saturated heterocycles. The molecule has 0 fully saturated rings.